The van der Waals surface area contributed by atoms with Gasteiger partial charge in [0.25, 0.3) is 0 Å². The molecule has 0 saturated carbocycles. The van der Waals surface area contributed by atoms with Crippen LogP contribution in [-0.2, 0) is 11.3 Å². The van der Waals surface area contributed by atoms with Gasteiger partial charge < -0.3 is 14.6 Å². The molecule has 1 aliphatic rings. The lowest BCUT2D eigenvalue weighted by Gasteiger charge is -2.16. The van der Waals surface area contributed by atoms with Crippen LogP contribution >= 0.6 is 0 Å². The highest BCUT2D eigenvalue weighted by Crippen LogP contribution is 2.20. The summed E-state index contributed by atoms with van der Waals surface area (Å²) in [6.45, 7) is 2.62. The van der Waals surface area contributed by atoms with Gasteiger partial charge >= 0.3 is 0 Å². The molecule has 0 aromatic carbocycles. The minimum Gasteiger partial charge on any atom is -0.383 e. The zero-order valence-corrected chi connectivity index (χ0v) is 9.85. The topological polar surface area (TPSA) is 52.0 Å². The third-order valence-corrected chi connectivity index (χ3v) is 3.05. The second kappa shape index (κ2) is 5.96. The summed E-state index contributed by atoms with van der Waals surface area (Å²) in [6, 6.07) is 0.363. The fourth-order valence-electron chi connectivity index (χ4n) is 2.14. The number of rotatable bonds is 4. The smallest absolute Gasteiger partial charge is 0.150 e. The molecule has 1 atom stereocenters. The highest BCUT2D eigenvalue weighted by molar-refractivity contribution is 4.96. The van der Waals surface area contributed by atoms with Gasteiger partial charge in [0.15, 0.2) is 0 Å². The molecule has 2 heterocycles. The molecule has 0 aliphatic carbocycles. The highest BCUT2D eigenvalue weighted by atomic mass is 16.5. The standard InChI is InChI=1S/C11H20N4O/c1-16-8-7-15-9-13-14-11(15)10-5-3-2-4-6-12-10/h9-10,12H,2-8H2,1H3. The summed E-state index contributed by atoms with van der Waals surface area (Å²) in [7, 11) is 1.72. The summed E-state index contributed by atoms with van der Waals surface area (Å²) in [4.78, 5) is 0. The van der Waals surface area contributed by atoms with Crippen molar-refractivity contribution in [1.29, 1.82) is 0 Å². The van der Waals surface area contributed by atoms with E-state index in [0.717, 1.165) is 25.3 Å². The summed E-state index contributed by atoms with van der Waals surface area (Å²) in [5.74, 6) is 1.05. The van der Waals surface area contributed by atoms with E-state index >= 15 is 0 Å². The first-order valence-electron chi connectivity index (χ1n) is 6.02. The van der Waals surface area contributed by atoms with E-state index in [1.54, 1.807) is 13.4 Å². The SMILES string of the molecule is COCCn1cnnc1C1CCCCCN1. The van der Waals surface area contributed by atoms with Gasteiger partial charge in [-0.1, -0.05) is 12.8 Å². The number of nitrogens with one attached hydrogen (secondary N) is 1. The number of methoxy groups -OCH3 is 1. The van der Waals surface area contributed by atoms with Crippen molar-refractivity contribution < 1.29 is 4.74 Å². The monoisotopic (exact) mass is 224 g/mol. The van der Waals surface area contributed by atoms with Crippen molar-refractivity contribution >= 4 is 0 Å². The Morgan fingerprint density at radius 2 is 2.44 bits per heavy atom. The molecule has 0 amide bonds. The van der Waals surface area contributed by atoms with E-state index in [9.17, 15) is 0 Å². The van der Waals surface area contributed by atoms with E-state index in [-0.39, 0.29) is 0 Å². The van der Waals surface area contributed by atoms with Gasteiger partial charge in [0.2, 0.25) is 0 Å². The number of nitrogens with zero attached hydrogens (tertiary/aromatic N) is 3. The molecule has 16 heavy (non-hydrogen) atoms. The van der Waals surface area contributed by atoms with Gasteiger partial charge in [-0.3, -0.25) is 0 Å². The molecule has 1 saturated heterocycles. The van der Waals surface area contributed by atoms with Gasteiger partial charge in [0.05, 0.1) is 12.6 Å². The van der Waals surface area contributed by atoms with E-state index in [2.05, 4.69) is 20.1 Å². The lowest BCUT2D eigenvalue weighted by Crippen LogP contribution is -2.24. The Morgan fingerprint density at radius 1 is 1.50 bits per heavy atom. The van der Waals surface area contributed by atoms with Crippen LogP contribution in [0.1, 0.15) is 37.5 Å². The highest BCUT2D eigenvalue weighted by Gasteiger charge is 2.18. The first-order valence-corrected chi connectivity index (χ1v) is 6.02. The second-order valence-corrected chi connectivity index (χ2v) is 4.23. The second-order valence-electron chi connectivity index (χ2n) is 4.23. The fraction of sp³-hybridized carbons (Fsp3) is 0.818. The molecule has 1 aromatic heterocycles. The Morgan fingerprint density at radius 3 is 3.31 bits per heavy atom. The van der Waals surface area contributed by atoms with Crippen LogP contribution in [0.25, 0.3) is 0 Å². The molecular formula is C11H20N4O. The third kappa shape index (κ3) is 2.80. The summed E-state index contributed by atoms with van der Waals surface area (Å²) in [5.41, 5.74) is 0. The molecule has 1 aliphatic heterocycles. The van der Waals surface area contributed by atoms with Gasteiger partial charge in [-0.25, -0.2) is 0 Å². The molecule has 0 spiro atoms. The number of ether oxygens (including phenoxy) is 1. The van der Waals surface area contributed by atoms with Crippen molar-refractivity contribution in [3.63, 3.8) is 0 Å². The summed E-state index contributed by atoms with van der Waals surface area (Å²) >= 11 is 0. The van der Waals surface area contributed by atoms with Crippen LogP contribution in [0.15, 0.2) is 6.33 Å². The number of hydrogen-bond donors (Lipinski definition) is 1. The van der Waals surface area contributed by atoms with E-state index in [1.165, 1.54) is 19.3 Å². The number of aromatic nitrogens is 3. The minimum absolute atomic E-state index is 0.363. The number of hydrogen-bond acceptors (Lipinski definition) is 4. The van der Waals surface area contributed by atoms with E-state index in [1.807, 2.05) is 0 Å². The van der Waals surface area contributed by atoms with Crippen LogP contribution in [-0.4, -0.2) is 35.0 Å². The Balaban J connectivity index is 2.03. The Hall–Kier alpha value is -0.940. The van der Waals surface area contributed by atoms with Crippen LogP contribution in [0.2, 0.25) is 0 Å². The lowest BCUT2D eigenvalue weighted by atomic mass is 10.1. The van der Waals surface area contributed by atoms with Gasteiger partial charge in [-0.2, -0.15) is 0 Å². The van der Waals surface area contributed by atoms with E-state index in [0.29, 0.717) is 12.6 Å². The molecule has 5 nitrogen and oxygen atoms in total. The molecule has 5 heteroatoms. The van der Waals surface area contributed by atoms with Crippen molar-refractivity contribution in [3.8, 4) is 0 Å². The Kier molecular flexibility index (Phi) is 4.30. The van der Waals surface area contributed by atoms with Crippen LogP contribution < -0.4 is 5.32 Å². The summed E-state index contributed by atoms with van der Waals surface area (Å²) in [5, 5.41) is 11.8. The van der Waals surface area contributed by atoms with Crippen LogP contribution in [0.3, 0.4) is 0 Å². The molecule has 1 N–H and O–H groups in total. The molecule has 1 fully saturated rings. The zero-order chi connectivity index (χ0) is 11.2. The molecule has 1 aromatic rings. The lowest BCUT2D eigenvalue weighted by molar-refractivity contribution is 0.185. The Bertz CT molecular complexity index is 305. The van der Waals surface area contributed by atoms with Crippen molar-refractivity contribution in [3.05, 3.63) is 12.2 Å². The van der Waals surface area contributed by atoms with Gasteiger partial charge in [-0.05, 0) is 19.4 Å². The average Bonchev–Trinajstić information content (AvgIpc) is 2.60. The van der Waals surface area contributed by atoms with E-state index in [4.69, 9.17) is 4.74 Å². The predicted octanol–water partition coefficient (Wildman–Crippen LogP) is 1.13. The fourth-order valence-corrected chi connectivity index (χ4v) is 2.14. The molecule has 1 unspecified atom stereocenters. The van der Waals surface area contributed by atoms with Crippen LogP contribution in [0.4, 0.5) is 0 Å². The van der Waals surface area contributed by atoms with Crippen LogP contribution in [0, 0.1) is 0 Å². The molecule has 0 radical (unpaired) electrons. The van der Waals surface area contributed by atoms with Crippen molar-refractivity contribution in [1.82, 2.24) is 20.1 Å². The largest absolute Gasteiger partial charge is 0.383 e. The third-order valence-electron chi connectivity index (χ3n) is 3.05. The first kappa shape index (κ1) is 11.5. The molecule has 0 bridgehead atoms. The van der Waals surface area contributed by atoms with Gasteiger partial charge in [0, 0.05) is 13.7 Å². The van der Waals surface area contributed by atoms with Crippen LogP contribution in [0.5, 0.6) is 0 Å². The maximum atomic E-state index is 5.09. The van der Waals surface area contributed by atoms with Gasteiger partial charge in [-0.15, -0.1) is 10.2 Å². The minimum atomic E-state index is 0.363. The molecule has 2 rings (SSSR count). The maximum absolute atomic E-state index is 5.09. The molecule has 90 valence electrons. The van der Waals surface area contributed by atoms with Crippen molar-refractivity contribution in [2.45, 2.75) is 38.3 Å². The normalized spacial score (nSPS) is 21.9. The quantitative estimate of drug-likeness (QED) is 0.833. The van der Waals surface area contributed by atoms with Crippen molar-refractivity contribution in [2.75, 3.05) is 20.3 Å². The zero-order valence-electron chi connectivity index (χ0n) is 9.85. The van der Waals surface area contributed by atoms with Gasteiger partial charge in [0.1, 0.15) is 12.2 Å². The summed E-state index contributed by atoms with van der Waals surface area (Å²) < 4.78 is 7.18. The Labute approximate surface area is 96.2 Å². The maximum Gasteiger partial charge on any atom is 0.150 e. The summed E-state index contributed by atoms with van der Waals surface area (Å²) in [6.07, 6.45) is 6.81. The average molecular weight is 224 g/mol. The molecular weight excluding hydrogens is 204 g/mol. The predicted molar refractivity (Wildman–Crippen MR) is 61.1 cm³/mol. The first-order chi connectivity index (χ1) is 7.92. The van der Waals surface area contributed by atoms with E-state index < -0.39 is 0 Å². The van der Waals surface area contributed by atoms with Crippen molar-refractivity contribution in [2.24, 2.45) is 0 Å².